The molecule has 1 aliphatic rings. The summed E-state index contributed by atoms with van der Waals surface area (Å²) < 4.78 is 0. The molecule has 6 nitrogen and oxygen atoms in total. The number of likely N-dealkylation sites (tertiary alicyclic amines) is 1. The first kappa shape index (κ1) is 26.0. The maximum absolute atomic E-state index is 4.80. The van der Waals surface area contributed by atoms with Gasteiger partial charge in [0, 0.05) is 62.2 Å². The van der Waals surface area contributed by atoms with Gasteiger partial charge in [0.05, 0.1) is 16.4 Å². The second kappa shape index (κ2) is 12.7. The van der Waals surface area contributed by atoms with Crippen molar-refractivity contribution in [2.24, 2.45) is 4.99 Å². The summed E-state index contributed by atoms with van der Waals surface area (Å²) in [5.74, 6) is 0.924. The van der Waals surface area contributed by atoms with Crippen molar-refractivity contribution < 1.29 is 0 Å². The number of aliphatic imine (C=N–C) groups is 1. The molecule has 2 aromatic heterocycles. The summed E-state index contributed by atoms with van der Waals surface area (Å²) in [7, 11) is 0. The van der Waals surface area contributed by atoms with E-state index in [2.05, 4.69) is 65.7 Å². The third-order valence-corrected chi connectivity index (χ3v) is 6.21. The van der Waals surface area contributed by atoms with Gasteiger partial charge in [0.1, 0.15) is 0 Å². The smallest absolute Gasteiger partial charge is 0.191 e. The molecule has 3 rings (SSSR count). The maximum Gasteiger partial charge on any atom is 0.191 e. The zero-order chi connectivity index (χ0) is 21.4. The summed E-state index contributed by atoms with van der Waals surface area (Å²) in [6.07, 6.45) is 5.01. The second-order valence-corrected chi connectivity index (χ2v) is 9.85. The molecule has 0 aromatic carbocycles. The number of pyridine rings is 1. The molecule has 0 atom stereocenters. The van der Waals surface area contributed by atoms with Crippen LogP contribution in [0.25, 0.3) is 0 Å². The molecule has 0 aliphatic carbocycles. The molecule has 1 fully saturated rings. The van der Waals surface area contributed by atoms with E-state index in [0.717, 1.165) is 63.6 Å². The molecule has 1 aliphatic heterocycles. The lowest BCUT2D eigenvalue weighted by atomic mass is 9.93. The number of aromatic nitrogens is 2. The number of guanidine groups is 1. The Morgan fingerprint density at radius 2 is 2.03 bits per heavy atom. The van der Waals surface area contributed by atoms with E-state index in [1.54, 1.807) is 11.3 Å². The van der Waals surface area contributed by atoms with Crippen LogP contribution in [0.4, 0.5) is 0 Å². The lowest BCUT2D eigenvalue weighted by Crippen LogP contribution is -2.48. The van der Waals surface area contributed by atoms with Crippen molar-refractivity contribution in [2.45, 2.75) is 65.0 Å². The number of rotatable bonds is 7. The number of thiazole rings is 1. The second-order valence-electron chi connectivity index (χ2n) is 8.90. The first-order valence-electron chi connectivity index (χ1n) is 11.1. The largest absolute Gasteiger partial charge is 0.357 e. The van der Waals surface area contributed by atoms with E-state index in [0.29, 0.717) is 6.04 Å². The van der Waals surface area contributed by atoms with Crippen LogP contribution in [0.15, 0.2) is 34.8 Å². The van der Waals surface area contributed by atoms with Gasteiger partial charge in [-0.1, -0.05) is 26.8 Å². The molecule has 3 heterocycles. The van der Waals surface area contributed by atoms with Crippen LogP contribution in [0.5, 0.6) is 0 Å². The Bertz CT molecular complexity index is 794. The van der Waals surface area contributed by atoms with Crippen molar-refractivity contribution in [3.63, 3.8) is 0 Å². The minimum absolute atomic E-state index is 0. The van der Waals surface area contributed by atoms with E-state index < -0.39 is 0 Å². The molecule has 2 N–H and O–H groups in total. The SMILES string of the molecule is CCNC(=NCCc1nc(C(C)(C)C)cs1)NC1CCN(Cc2ccccn2)CC1.I. The quantitative estimate of drug-likeness (QED) is 0.304. The van der Waals surface area contributed by atoms with E-state index in [1.165, 1.54) is 10.7 Å². The minimum Gasteiger partial charge on any atom is -0.357 e. The van der Waals surface area contributed by atoms with Crippen molar-refractivity contribution in [3.05, 3.63) is 46.2 Å². The normalized spacial score (nSPS) is 16.1. The van der Waals surface area contributed by atoms with E-state index in [9.17, 15) is 0 Å². The molecule has 172 valence electrons. The highest BCUT2D eigenvalue weighted by atomic mass is 127. The fraction of sp³-hybridized carbons (Fsp3) is 0.609. The summed E-state index contributed by atoms with van der Waals surface area (Å²) in [6.45, 7) is 13.5. The first-order chi connectivity index (χ1) is 14.4. The number of hydrogen-bond donors (Lipinski definition) is 2. The van der Waals surface area contributed by atoms with Crippen LogP contribution in [0.3, 0.4) is 0 Å². The molecule has 0 radical (unpaired) electrons. The Balaban J connectivity index is 0.00000341. The van der Waals surface area contributed by atoms with Gasteiger partial charge in [-0.2, -0.15) is 0 Å². The molecular formula is C23H37IN6S. The summed E-state index contributed by atoms with van der Waals surface area (Å²) >= 11 is 1.75. The molecule has 0 bridgehead atoms. The van der Waals surface area contributed by atoms with Crippen LogP contribution in [0, 0.1) is 0 Å². The predicted molar refractivity (Wildman–Crippen MR) is 142 cm³/mol. The number of nitrogens with one attached hydrogen (secondary N) is 2. The molecule has 0 amide bonds. The summed E-state index contributed by atoms with van der Waals surface area (Å²) in [4.78, 5) is 16.5. The monoisotopic (exact) mass is 556 g/mol. The standard InChI is InChI=1S/C23H36N6S.HI/c1-5-24-22(26-13-9-21-28-20(17-30-21)23(2,3)4)27-18-10-14-29(15-11-18)16-19-8-6-7-12-25-19;/h6-8,12,17-18H,5,9-11,13-16H2,1-4H3,(H2,24,26,27);1H. The summed E-state index contributed by atoms with van der Waals surface area (Å²) in [5.41, 5.74) is 2.43. The van der Waals surface area contributed by atoms with Crippen molar-refractivity contribution in [1.82, 2.24) is 25.5 Å². The van der Waals surface area contributed by atoms with Crippen LogP contribution in [-0.4, -0.2) is 53.0 Å². The Morgan fingerprint density at radius 1 is 1.26 bits per heavy atom. The van der Waals surface area contributed by atoms with E-state index in [4.69, 9.17) is 9.98 Å². The van der Waals surface area contributed by atoms with Crippen LogP contribution in [-0.2, 0) is 18.4 Å². The average Bonchev–Trinajstić information content (AvgIpc) is 3.20. The third kappa shape index (κ3) is 8.65. The van der Waals surface area contributed by atoms with Crippen molar-refractivity contribution in [2.75, 3.05) is 26.2 Å². The molecule has 0 spiro atoms. The van der Waals surface area contributed by atoms with Crippen LogP contribution in [0.2, 0.25) is 0 Å². The first-order valence-corrected chi connectivity index (χ1v) is 11.9. The highest BCUT2D eigenvalue weighted by Crippen LogP contribution is 2.24. The van der Waals surface area contributed by atoms with Crippen LogP contribution in [0.1, 0.15) is 56.9 Å². The molecule has 1 saturated heterocycles. The highest BCUT2D eigenvalue weighted by Gasteiger charge is 2.20. The lowest BCUT2D eigenvalue weighted by molar-refractivity contribution is 0.196. The zero-order valence-electron chi connectivity index (χ0n) is 19.2. The third-order valence-electron chi connectivity index (χ3n) is 5.30. The van der Waals surface area contributed by atoms with Gasteiger partial charge in [0.25, 0.3) is 0 Å². The van der Waals surface area contributed by atoms with Gasteiger partial charge in [-0.3, -0.25) is 14.9 Å². The Hall–Kier alpha value is -1.26. The van der Waals surface area contributed by atoms with Crippen LogP contribution < -0.4 is 10.6 Å². The minimum atomic E-state index is 0. The fourth-order valence-electron chi connectivity index (χ4n) is 3.50. The number of piperidine rings is 1. The van der Waals surface area contributed by atoms with Gasteiger partial charge in [0.15, 0.2) is 5.96 Å². The Morgan fingerprint density at radius 3 is 2.65 bits per heavy atom. The Labute approximate surface area is 208 Å². The van der Waals surface area contributed by atoms with E-state index in [-0.39, 0.29) is 29.4 Å². The topological polar surface area (TPSA) is 65.4 Å². The zero-order valence-corrected chi connectivity index (χ0v) is 22.4. The number of nitrogens with zero attached hydrogens (tertiary/aromatic N) is 4. The van der Waals surface area contributed by atoms with Crippen LogP contribution >= 0.6 is 35.3 Å². The van der Waals surface area contributed by atoms with Gasteiger partial charge in [0.2, 0.25) is 0 Å². The summed E-state index contributed by atoms with van der Waals surface area (Å²) in [5, 5.41) is 10.4. The van der Waals surface area contributed by atoms with Gasteiger partial charge >= 0.3 is 0 Å². The molecule has 0 unspecified atom stereocenters. The van der Waals surface area contributed by atoms with E-state index in [1.807, 2.05) is 12.3 Å². The average molecular weight is 557 g/mol. The predicted octanol–water partition coefficient (Wildman–Crippen LogP) is 4.22. The lowest BCUT2D eigenvalue weighted by Gasteiger charge is -2.32. The number of halogens is 1. The summed E-state index contributed by atoms with van der Waals surface area (Å²) in [6, 6.07) is 6.60. The van der Waals surface area contributed by atoms with Gasteiger partial charge in [-0.25, -0.2) is 4.98 Å². The van der Waals surface area contributed by atoms with Crippen molar-refractivity contribution >= 4 is 41.3 Å². The molecule has 31 heavy (non-hydrogen) atoms. The molecular weight excluding hydrogens is 519 g/mol. The molecule has 8 heteroatoms. The molecule has 0 saturated carbocycles. The maximum atomic E-state index is 4.80. The fourth-order valence-corrected chi connectivity index (χ4v) is 4.52. The molecule has 2 aromatic rings. The van der Waals surface area contributed by atoms with Gasteiger partial charge < -0.3 is 10.6 Å². The highest BCUT2D eigenvalue weighted by molar-refractivity contribution is 14.0. The van der Waals surface area contributed by atoms with Gasteiger partial charge in [-0.05, 0) is 31.9 Å². The van der Waals surface area contributed by atoms with Crippen molar-refractivity contribution in [3.8, 4) is 0 Å². The van der Waals surface area contributed by atoms with Gasteiger partial charge in [-0.15, -0.1) is 35.3 Å². The number of hydrogen-bond acceptors (Lipinski definition) is 5. The Kier molecular flexibility index (Phi) is 10.6. The van der Waals surface area contributed by atoms with Crippen molar-refractivity contribution in [1.29, 1.82) is 0 Å². The van der Waals surface area contributed by atoms with E-state index >= 15 is 0 Å².